The Balaban J connectivity index is 1.42. The van der Waals surface area contributed by atoms with Crippen LogP contribution < -0.4 is 9.64 Å². The van der Waals surface area contributed by atoms with Crippen molar-refractivity contribution in [3.05, 3.63) is 89.3 Å². The standard InChI is InChI=1S/C28H27N7O3/c1-18-29-15-23(30-18)26(36)34-12-10-28-22-8-2-3-9-24(22)35(27(28)37)17-20-16-33(32-31-20)11-5-13-38-21-7-4-6-19(14-21)25(28)34/h2-4,6-9,14-16,25H,5,10-13,17H2,1H3,(H,29,30)/t25-,28+/m0/s1. The molecule has 6 bridgehead atoms. The highest BCUT2D eigenvalue weighted by atomic mass is 16.5. The number of aryl methyl sites for hydroxylation is 2. The molecule has 1 spiro atoms. The first-order chi connectivity index (χ1) is 18.5. The molecule has 1 saturated heterocycles. The van der Waals surface area contributed by atoms with Crippen molar-refractivity contribution in [2.75, 3.05) is 18.1 Å². The summed E-state index contributed by atoms with van der Waals surface area (Å²) in [6, 6.07) is 15.2. The average molecular weight is 510 g/mol. The van der Waals surface area contributed by atoms with Crippen LogP contribution in [0.2, 0.25) is 0 Å². The first-order valence-electron chi connectivity index (χ1n) is 12.9. The minimum Gasteiger partial charge on any atom is -0.494 e. The Bertz CT molecular complexity index is 1560. The van der Waals surface area contributed by atoms with Crippen LogP contribution in [0.15, 0.2) is 60.9 Å². The van der Waals surface area contributed by atoms with Gasteiger partial charge in [0.1, 0.15) is 28.4 Å². The highest BCUT2D eigenvalue weighted by molar-refractivity contribution is 6.09. The molecule has 1 N–H and O–H groups in total. The van der Waals surface area contributed by atoms with Crippen LogP contribution in [0.25, 0.3) is 0 Å². The topological polar surface area (TPSA) is 109 Å². The molecule has 2 aromatic carbocycles. The van der Waals surface area contributed by atoms with Gasteiger partial charge in [0.25, 0.3) is 5.91 Å². The fraction of sp³-hybridized carbons (Fsp3) is 0.321. The van der Waals surface area contributed by atoms with Gasteiger partial charge in [0.2, 0.25) is 5.91 Å². The smallest absolute Gasteiger partial charge is 0.272 e. The van der Waals surface area contributed by atoms with Gasteiger partial charge in [-0.25, -0.2) is 4.98 Å². The van der Waals surface area contributed by atoms with Crippen LogP contribution in [0, 0.1) is 6.92 Å². The number of nitrogens with one attached hydrogen (secondary N) is 1. The number of nitrogens with zero attached hydrogens (tertiary/aromatic N) is 6. The van der Waals surface area contributed by atoms with Gasteiger partial charge < -0.3 is 19.5 Å². The lowest BCUT2D eigenvalue weighted by molar-refractivity contribution is -0.124. The summed E-state index contributed by atoms with van der Waals surface area (Å²) in [7, 11) is 0. The van der Waals surface area contributed by atoms with Gasteiger partial charge in [-0.2, -0.15) is 0 Å². The van der Waals surface area contributed by atoms with E-state index in [9.17, 15) is 9.59 Å². The van der Waals surface area contributed by atoms with E-state index in [-0.39, 0.29) is 11.8 Å². The fourth-order valence-electron chi connectivity index (χ4n) is 6.28. The van der Waals surface area contributed by atoms with E-state index in [1.807, 2.05) is 71.5 Å². The zero-order valence-electron chi connectivity index (χ0n) is 21.0. The van der Waals surface area contributed by atoms with Crippen LogP contribution in [0.4, 0.5) is 5.69 Å². The Morgan fingerprint density at radius 2 is 2.05 bits per heavy atom. The van der Waals surface area contributed by atoms with E-state index in [0.29, 0.717) is 49.9 Å². The third kappa shape index (κ3) is 3.36. The molecule has 4 aromatic rings. The summed E-state index contributed by atoms with van der Waals surface area (Å²) in [5, 5.41) is 8.61. The second-order valence-corrected chi connectivity index (χ2v) is 10.2. The maximum atomic E-state index is 14.6. The monoisotopic (exact) mass is 509 g/mol. The third-order valence-corrected chi connectivity index (χ3v) is 7.90. The number of rotatable bonds is 1. The minimum atomic E-state index is -0.948. The molecule has 10 heteroatoms. The molecular formula is C28H27N7O3. The van der Waals surface area contributed by atoms with Gasteiger partial charge in [-0.05, 0) is 42.7 Å². The number of imidazole rings is 1. The zero-order valence-corrected chi connectivity index (χ0v) is 21.0. The lowest BCUT2D eigenvalue weighted by atomic mass is 9.72. The number of H-pyrrole nitrogens is 1. The second-order valence-electron chi connectivity index (χ2n) is 10.2. The fourth-order valence-corrected chi connectivity index (χ4v) is 6.28. The van der Waals surface area contributed by atoms with Crippen LogP contribution in [0.1, 0.15) is 52.0 Å². The maximum absolute atomic E-state index is 14.6. The van der Waals surface area contributed by atoms with Gasteiger partial charge in [0.15, 0.2) is 0 Å². The Morgan fingerprint density at radius 3 is 2.92 bits per heavy atom. The number of anilines is 1. The lowest BCUT2D eigenvalue weighted by Gasteiger charge is -2.35. The normalized spacial score (nSPS) is 22.3. The summed E-state index contributed by atoms with van der Waals surface area (Å²) in [5.41, 5.74) is 2.83. The number of carbonyl (C=O) groups is 2. The molecule has 0 unspecified atom stereocenters. The van der Waals surface area contributed by atoms with Gasteiger partial charge >= 0.3 is 0 Å². The van der Waals surface area contributed by atoms with E-state index >= 15 is 0 Å². The number of aromatic amines is 1. The van der Waals surface area contributed by atoms with Crippen LogP contribution in [0.3, 0.4) is 0 Å². The molecule has 192 valence electrons. The molecule has 2 aromatic heterocycles. The van der Waals surface area contributed by atoms with Crippen LogP contribution in [-0.4, -0.2) is 54.8 Å². The Kier molecular flexibility index (Phi) is 5.10. The molecule has 5 heterocycles. The predicted molar refractivity (Wildman–Crippen MR) is 138 cm³/mol. The number of fused-ring (bicyclic) bond motifs is 8. The number of para-hydroxylation sites is 1. The van der Waals surface area contributed by atoms with Gasteiger partial charge in [0.05, 0.1) is 31.6 Å². The molecule has 0 radical (unpaired) electrons. The molecule has 2 atom stereocenters. The predicted octanol–water partition coefficient (Wildman–Crippen LogP) is 3.16. The molecule has 3 aliphatic heterocycles. The molecule has 3 aliphatic rings. The van der Waals surface area contributed by atoms with Crippen molar-refractivity contribution in [3.63, 3.8) is 0 Å². The van der Waals surface area contributed by atoms with E-state index in [1.165, 1.54) is 0 Å². The quantitative estimate of drug-likeness (QED) is 0.422. The maximum Gasteiger partial charge on any atom is 0.272 e. The van der Waals surface area contributed by atoms with Crippen LogP contribution in [-0.2, 0) is 23.3 Å². The molecule has 7 rings (SSSR count). The van der Waals surface area contributed by atoms with E-state index in [4.69, 9.17) is 4.74 Å². The average Bonchev–Trinajstić information content (AvgIpc) is 3.71. The van der Waals surface area contributed by atoms with Crippen molar-refractivity contribution in [2.45, 2.75) is 44.3 Å². The first-order valence-corrected chi connectivity index (χ1v) is 12.9. The molecule has 38 heavy (non-hydrogen) atoms. The van der Waals surface area contributed by atoms with Crippen molar-refractivity contribution >= 4 is 17.5 Å². The lowest BCUT2D eigenvalue weighted by Crippen LogP contribution is -2.45. The third-order valence-electron chi connectivity index (χ3n) is 7.90. The van der Waals surface area contributed by atoms with E-state index in [2.05, 4.69) is 20.3 Å². The number of amides is 2. The number of carbonyl (C=O) groups excluding carboxylic acids is 2. The van der Waals surface area contributed by atoms with Crippen LogP contribution in [0.5, 0.6) is 5.75 Å². The summed E-state index contributed by atoms with van der Waals surface area (Å²) >= 11 is 0. The van der Waals surface area contributed by atoms with Crippen molar-refractivity contribution in [1.29, 1.82) is 0 Å². The molecule has 2 amide bonds. The van der Waals surface area contributed by atoms with Gasteiger partial charge in [-0.3, -0.25) is 14.3 Å². The molecule has 10 nitrogen and oxygen atoms in total. The van der Waals surface area contributed by atoms with Crippen molar-refractivity contribution < 1.29 is 14.3 Å². The first kappa shape index (κ1) is 22.7. The number of benzene rings is 2. The summed E-state index contributed by atoms with van der Waals surface area (Å²) in [5.74, 6) is 1.17. The number of hydrogen-bond donors (Lipinski definition) is 1. The Morgan fingerprint density at radius 1 is 1.16 bits per heavy atom. The van der Waals surface area contributed by atoms with Crippen molar-refractivity contribution in [2.24, 2.45) is 0 Å². The Labute approximate surface area is 219 Å². The number of likely N-dealkylation sites (tertiary alicyclic amines) is 1. The summed E-state index contributed by atoms with van der Waals surface area (Å²) < 4.78 is 7.89. The van der Waals surface area contributed by atoms with Crippen LogP contribution >= 0.6 is 0 Å². The molecule has 0 saturated carbocycles. The number of hydrogen-bond acceptors (Lipinski definition) is 6. The van der Waals surface area contributed by atoms with E-state index in [0.717, 1.165) is 28.9 Å². The molecule has 1 fully saturated rings. The summed E-state index contributed by atoms with van der Waals surface area (Å²) in [4.78, 5) is 39.4. The number of aromatic nitrogens is 5. The zero-order chi connectivity index (χ0) is 25.9. The van der Waals surface area contributed by atoms with Gasteiger partial charge in [-0.15, -0.1) is 5.10 Å². The SMILES string of the molecule is Cc1ncc(C(=O)N2CC[C@]34C(=O)N(Cc5cn(nn5)CCCOc5cccc(c5)[C@H]23)c2ccccc24)[nH]1. The molecular weight excluding hydrogens is 482 g/mol. The highest BCUT2D eigenvalue weighted by Gasteiger charge is 2.61. The summed E-state index contributed by atoms with van der Waals surface area (Å²) in [6.45, 7) is 3.73. The van der Waals surface area contributed by atoms with E-state index < -0.39 is 11.5 Å². The van der Waals surface area contributed by atoms with Gasteiger partial charge in [-0.1, -0.05) is 35.5 Å². The van der Waals surface area contributed by atoms with Crippen molar-refractivity contribution in [1.82, 2.24) is 29.9 Å². The second kappa shape index (κ2) is 8.54. The minimum absolute atomic E-state index is 0.0319. The van der Waals surface area contributed by atoms with Crippen molar-refractivity contribution in [3.8, 4) is 5.75 Å². The molecule has 0 aliphatic carbocycles. The summed E-state index contributed by atoms with van der Waals surface area (Å²) in [6.07, 6.45) is 4.72. The highest BCUT2D eigenvalue weighted by Crippen LogP contribution is 2.57. The Hall–Kier alpha value is -4.47. The number of ether oxygens (including phenoxy) is 1. The largest absolute Gasteiger partial charge is 0.494 e. The van der Waals surface area contributed by atoms with Gasteiger partial charge in [0, 0.05) is 25.2 Å². The van der Waals surface area contributed by atoms with E-state index in [1.54, 1.807) is 10.9 Å².